The maximum Gasteiger partial charge on any atom is 0.0534 e. The van der Waals surface area contributed by atoms with Crippen molar-refractivity contribution in [3.8, 4) is 0 Å². The molecule has 0 saturated carbocycles. The standard InChI is InChI=1S/C17H23N5/c1-20-7-15(6-19-20)9-22-12-16-10-21(11-17(16)13-22)8-14-3-2-4-18-5-14/h2-7,16-17H,8-13H2,1H3. The molecule has 2 aliphatic heterocycles. The Morgan fingerprint density at radius 1 is 1.00 bits per heavy atom. The molecule has 2 saturated heterocycles. The molecule has 2 unspecified atom stereocenters. The van der Waals surface area contributed by atoms with E-state index in [1.165, 1.54) is 37.3 Å². The van der Waals surface area contributed by atoms with E-state index >= 15 is 0 Å². The third-order valence-corrected chi connectivity index (χ3v) is 4.93. The zero-order valence-electron chi connectivity index (χ0n) is 13.1. The van der Waals surface area contributed by atoms with Gasteiger partial charge in [0.25, 0.3) is 0 Å². The van der Waals surface area contributed by atoms with Crippen LogP contribution in [-0.2, 0) is 20.1 Å². The number of rotatable bonds is 4. The van der Waals surface area contributed by atoms with E-state index in [0.29, 0.717) is 0 Å². The van der Waals surface area contributed by atoms with Crippen molar-refractivity contribution in [1.29, 1.82) is 0 Å². The Morgan fingerprint density at radius 3 is 2.23 bits per heavy atom. The van der Waals surface area contributed by atoms with Gasteiger partial charge in [-0.15, -0.1) is 0 Å². The van der Waals surface area contributed by atoms with Gasteiger partial charge in [0.05, 0.1) is 6.20 Å². The van der Waals surface area contributed by atoms with Crippen molar-refractivity contribution < 1.29 is 0 Å². The minimum atomic E-state index is 0.827. The normalized spacial score (nSPS) is 25.7. The Morgan fingerprint density at radius 2 is 1.68 bits per heavy atom. The average Bonchev–Trinajstić information content (AvgIpc) is 3.16. The van der Waals surface area contributed by atoms with Gasteiger partial charge in [-0.25, -0.2) is 0 Å². The zero-order valence-corrected chi connectivity index (χ0v) is 13.1. The van der Waals surface area contributed by atoms with Crippen molar-refractivity contribution in [2.75, 3.05) is 26.2 Å². The summed E-state index contributed by atoms with van der Waals surface area (Å²) in [5, 5.41) is 4.27. The van der Waals surface area contributed by atoms with Crippen molar-refractivity contribution in [1.82, 2.24) is 24.6 Å². The van der Waals surface area contributed by atoms with E-state index in [4.69, 9.17) is 0 Å². The number of aromatic nitrogens is 3. The Bertz CT molecular complexity index is 609. The maximum absolute atomic E-state index is 4.27. The summed E-state index contributed by atoms with van der Waals surface area (Å²) in [6.07, 6.45) is 7.95. The molecular weight excluding hydrogens is 274 g/mol. The van der Waals surface area contributed by atoms with Crippen molar-refractivity contribution in [2.24, 2.45) is 18.9 Å². The molecule has 0 spiro atoms. The predicted molar refractivity (Wildman–Crippen MR) is 85.0 cm³/mol. The van der Waals surface area contributed by atoms with E-state index in [2.05, 4.69) is 32.1 Å². The molecule has 2 atom stereocenters. The van der Waals surface area contributed by atoms with Gasteiger partial charge in [-0.1, -0.05) is 6.07 Å². The highest BCUT2D eigenvalue weighted by molar-refractivity contribution is 5.09. The Hall–Kier alpha value is -1.72. The van der Waals surface area contributed by atoms with Crippen LogP contribution in [0, 0.1) is 11.8 Å². The van der Waals surface area contributed by atoms with Crippen LogP contribution in [0.4, 0.5) is 0 Å². The molecule has 5 heteroatoms. The third-order valence-electron chi connectivity index (χ3n) is 4.93. The molecule has 0 amide bonds. The Balaban J connectivity index is 1.31. The van der Waals surface area contributed by atoms with Gasteiger partial charge in [0, 0.05) is 70.5 Å². The van der Waals surface area contributed by atoms with Crippen LogP contribution in [0.3, 0.4) is 0 Å². The molecule has 0 bridgehead atoms. The molecule has 2 aromatic rings. The van der Waals surface area contributed by atoms with Crippen molar-refractivity contribution >= 4 is 0 Å². The topological polar surface area (TPSA) is 37.2 Å². The number of hydrogen-bond acceptors (Lipinski definition) is 4. The van der Waals surface area contributed by atoms with E-state index in [0.717, 1.165) is 24.9 Å². The summed E-state index contributed by atoms with van der Waals surface area (Å²) in [5.74, 6) is 1.65. The van der Waals surface area contributed by atoms with Crippen molar-refractivity contribution in [3.63, 3.8) is 0 Å². The summed E-state index contributed by atoms with van der Waals surface area (Å²) in [6.45, 7) is 6.99. The molecule has 0 aromatic carbocycles. The summed E-state index contributed by atoms with van der Waals surface area (Å²) in [5.41, 5.74) is 2.66. The lowest BCUT2D eigenvalue weighted by atomic mass is 10.0. The molecule has 2 aliphatic rings. The summed E-state index contributed by atoms with van der Waals surface area (Å²) in [6, 6.07) is 4.21. The second-order valence-corrected chi connectivity index (χ2v) is 6.79. The van der Waals surface area contributed by atoms with Crippen LogP contribution in [0.5, 0.6) is 0 Å². The lowest BCUT2D eigenvalue weighted by molar-refractivity contribution is 0.246. The highest BCUT2D eigenvalue weighted by atomic mass is 15.3. The second kappa shape index (κ2) is 5.82. The lowest BCUT2D eigenvalue weighted by Crippen LogP contribution is -2.28. The van der Waals surface area contributed by atoms with Gasteiger partial charge in [0.15, 0.2) is 0 Å². The quantitative estimate of drug-likeness (QED) is 0.854. The highest BCUT2D eigenvalue weighted by Crippen LogP contribution is 2.32. The van der Waals surface area contributed by atoms with Gasteiger partial charge in [-0.2, -0.15) is 5.10 Å². The fourth-order valence-electron chi connectivity index (χ4n) is 4.01. The second-order valence-electron chi connectivity index (χ2n) is 6.79. The first-order chi connectivity index (χ1) is 10.8. The van der Waals surface area contributed by atoms with Gasteiger partial charge in [0.2, 0.25) is 0 Å². The van der Waals surface area contributed by atoms with Gasteiger partial charge >= 0.3 is 0 Å². The molecule has 4 heterocycles. The number of nitrogens with zero attached hydrogens (tertiary/aromatic N) is 5. The van der Waals surface area contributed by atoms with Crippen LogP contribution in [0.1, 0.15) is 11.1 Å². The number of hydrogen-bond donors (Lipinski definition) is 0. The minimum Gasteiger partial charge on any atom is -0.298 e. The fraction of sp³-hybridized carbons (Fsp3) is 0.529. The summed E-state index contributed by atoms with van der Waals surface area (Å²) in [7, 11) is 1.98. The van der Waals surface area contributed by atoms with E-state index in [9.17, 15) is 0 Å². The van der Waals surface area contributed by atoms with Crippen LogP contribution < -0.4 is 0 Å². The lowest BCUT2D eigenvalue weighted by Gasteiger charge is -2.20. The minimum absolute atomic E-state index is 0.827. The monoisotopic (exact) mass is 297 g/mol. The van der Waals surface area contributed by atoms with E-state index < -0.39 is 0 Å². The van der Waals surface area contributed by atoms with Gasteiger partial charge in [-0.05, 0) is 23.5 Å². The molecule has 2 fully saturated rings. The van der Waals surface area contributed by atoms with Gasteiger partial charge in [-0.3, -0.25) is 19.5 Å². The molecule has 5 nitrogen and oxygen atoms in total. The predicted octanol–water partition coefficient (Wildman–Crippen LogP) is 1.38. The van der Waals surface area contributed by atoms with Crippen LogP contribution in [0.15, 0.2) is 36.9 Å². The van der Waals surface area contributed by atoms with Crippen molar-refractivity contribution in [2.45, 2.75) is 13.1 Å². The van der Waals surface area contributed by atoms with Crippen LogP contribution in [0.25, 0.3) is 0 Å². The number of pyridine rings is 1. The largest absolute Gasteiger partial charge is 0.298 e. The molecule has 0 N–H and O–H groups in total. The molecule has 116 valence electrons. The van der Waals surface area contributed by atoms with Gasteiger partial charge < -0.3 is 0 Å². The molecule has 4 rings (SSSR count). The molecule has 0 radical (unpaired) electrons. The summed E-state index contributed by atoms with van der Waals surface area (Å²) < 4.78 is 1.89. The maximum atomic E-state index is 4.27. The number of likely N-dealkylation sites (tertiary alicyclic amines) is 2. The van der Waals surface area contributed by atoms with Gasteiger partial charge in [0.1, 0.15) is 0 Å². The van der Waals surface area contributed by atoms with E-state index in [1.54, 1.807) is 0 Å². The fourth-order valence-corrected chi connectivity index (χ4v) is 4.01. The Kier molecular flexibility index (Phi) is 3.68. The smallest absolute Gasteiger partial charge is 0.0534 e. The SMILES string of the molecule is Cn1cc(CN2CC3CN(Cc4cccnc4)CC3C2)cn1. The first kappa shape index (κ1) is 13.9. The Labute approximate surface area is 131 Å². The highest BCUT2D eigenvalue weighted by Gasteiger charge is 2.39. The zero-order chi connectivity index (χ0) is 14.9. The summed E-state index contributed by atoms with van der Waals surface area (Å²) >= 11 is 0. The third kappa shape index (κ3) is 2.91. The number of aryl methyl sites for hydroxylation is 1. The molecule has 0 aliphatic carbocycles. The van der Waals surface area contributed by atoms with E-state index in [1.807, 2.05) is 36.4 Å². The number of fused-ring (bicyclic) bond motifs is 1. The van der Waals surface area contributed by atoms with Crippen LogP contribution in [0.2, 0.25) is 0 Å². The van der Waals surface area contributed by atoms with E-state index in [-0.39, 0.29) is 0 Å². The van der Waals surface area contributed by atoms with Crippen LogP contribution >= 0.6 is 0 Å². The first-order valence-electron chi connectivity index (χ1n) is 8.07. The first-order valence-corrected chi connectivity index (χ1v) is 8.07. The average molecular weight is 297 g/mol. The van der Waals surface area contributed by atoms with Crippen LogP contribution in [-0.4, -0.2) is 50.7 Å². The van der Waals surface area contributed by atoms with Crippen molar-refractivity contribution in [3.05, 3.63) is 48.0 Å². The molecule has 2 aromatic heterocycles. The molecule has 22 heavy (non-hydrogen) atoms. The molecular formula is C17H23N5. The summed E-state index contributed by atoms with van der Waals surface area (Å²) in [4.78, 5) is 9.40.